The fraction of sp³-hybridized carbons (Fsp3) is 0. The summed E-state index contributed by atoms with van der Waals surface area (Å²) < 4.78 is 4.82. The average molecular weight is 165 g/mol. The van der Waals surface area contributed by atoms with Crippen molar-refractivity contribution >= 4 is 16.8 Å². The molecule has 6 heteroatoms. The van der Waals surface area contributed by atoms with E-state index in [2.05, 4.69) is 9.97 Å². The summed E-state index contributed by atoms with van der Waals surface area (Å²) in [7, 11) is 0. The van der Waals surface area contributed by atoms with Gasteiger partial charge in [-0.25, -0.2) is 4.98 Å². The lowest BCUT2D eigenvalue weighted by Crippen LogP contribution is -1.88. The third-order valence-electron chi connectivity index (χ3n) is 1.42. The van der Waals surface area contributed by atoms with Crippen LogP contribution in [0.3, 0.4) is 0 Å². The molecule has 0 saturated heterocycles. The van der Waals surface area contributed by atoms with Crippen molar-refractivity contribution in [3.8, 4) is 0 Å². The van der Waals surface area contributed by atoms with Crippen LogP contribution >= 0.6 is 0 Å². The summed E-state index contributed by atoms with van der Waals surface area (Å²) >= 11 is 0. The summed E-state index contributed by atoms with van der Waals surface area (Å²) in [5.41, 5.74) is 0.393. The molecule has 0 atom stereocenters. The van der Waals surface area contributed by atoms with Crippen LogP contribution in [-0.4, -0.2) is 14.9 Å². The number of pyridine rings is 1. The molecule has 6 nitrogen and oxygen atoms in total. The molecule has 2 rings (SSSR count). The van der Waals surface area contributed by atoms with E-state index in [1.54, 1.807) is 0 Å². The number of hydrogen-bond donors (Lipinski definition) is 0. The maximum atomic E-state index is 10.4. The number of fused-ring (bicyclic) bond motifs is 1. The van der Waals surface area contributed by atoms with Crippen molar-refractivity contribution in [2.45, 2.75) is 0 Å². The minimum absolute atomic E-state index is 0.162. The lowest BCUT2D eigenvalue weighted by molar-refractivity contribution is -0.383. The molecule has 0 aromatic carbocycles. The van der Waals surface area contributed by atoms with Crippen LogP contribution in [-0.2, 0) is 0 Å². The van der Waals surface area contributed by atoms with Gasteiger partial charge in [-0.1, -0.05) is 0 Å². The molecule has 0 fully saturated rings. The minimum Gasteiger partial charge on any atom is -0.436 e. The van der Waals surface area contributed by atoms with Crippen LogP contribution in [0.5, 0.6) is 0 Å². The Kier molecular flexibility index (Phi) is 1.26. The molecule has 2 aromatic rings. The third-order valence-corrected chi connectivity index (χ3v) is 1.42. The fourth-order valence-electron chi connectivity index (χ4n) is 0.906. The topological polar surface area (TPSA) is 82.1 Å². The van der Waals surface area contributed by atoms with Gasteiger partial charge < -0.3 is 4.42 Å². The maximum Gasteiger partial charge on any atom is 0.331 e. The van der Waals surface area contributed by atoms with E-state index in [0.717, 1.165) is 12.6 Å². The van der Waals surface area contributed by atoms with Crippen LogP contribution in [0.25, 0.3) is 11.1 Å². The molecule has 2 heterocycles. The van der Waals surface area contributed by atoms with Crippen LogP contribution in [0.4, 0.5) is 5.69 Å². The molecule has 0 bridgehead atoms. The number of nitrogens with zero attached hydrogens (tertiary/aromatic N) is 3. The molecule has 12 heavy (non-hydrogen) atoms. The predicted octanol–water partition coefficient (Wildman–Crippen LogP) is 1.13. The van der Waals surface area contributed by atoms with E-state index in [9.17, 15) is 10.1 Å². The SMILES string of the molecule is O=[N+]([O-])c1cncc2ncoc12. The Morgan fingerprint density at radius 1 is 1.50 bits per heavy atom. The molecule has 0 saturated carbocycles. The Morgan fingerprint density at radius 2 is 2.33 bits per heavy atom. The maximum absolute atomic E-state index is 10.4. The zero-order valence-electron chi connectivity index (χ0n) is 5.80. The first kappa shape index (κ1) is 6.71. The van der Waals surface area contributed by atoms with Crippen LogP contribution < -0.4 is 0 Å². The normalized spacial score (nSPS) is 10.3. The van der Waals surface area contributed by atoms with E-state index in [0.29, 0.717) is 5.52 Å². The summed E-state index contributed by atoms with van der Waals surface area (Å²) in [6, 6.07) is 0. The largest absolute Gasteiger partial charge is 0.436 e. The van der Waals surface area contributed by atoms with Gasteiger partial charge in [0.05, 0.1) is 11.1 Å². The third kappa shape index (κ3) is 0.815. The highest BCUT2D eigenvalue weighted by molar-refractivity contribution is 5.80. The van der Waals surface area contributed by atoms with Crippen molar-refractivity contribution in [2.24, 2.45) is 0 Å². The smallest absolute Gasteiger partial charge is 0.331 e. The average Bonchev–Trinajstić information content (AvgIpc) is 2.49. The second kappa shape index (κ2) is 2.26. The van der Waals surface area contributed by atoms with E-state index >= 15 is 0 Å². The van der Waals surface area contributed by atoms with Crippen molar-refractivity contribution in [3.05, 3.63) is 28.9 Å². The summed E-state index contributed by atoms with van der Waals surface area (Å²) in [4.78, 5) is 17.2. The molecule has 0 amide bonds. The summed E-state index contributed by atoms with van der Waals surface area (Å²) in [5, 5.41) is 10.4. The van der Waals surface area contributed by atoms with Crippen LogP contribution in [0.2, 0.25) is 0 Å². The van der Waals surface area contributed by atoms with Crippen LogP contribution in [0.1, 0.15) is 0 Å². The summed E-state index contributed by atoms with van der Waals surface area (Å²) in [6.45, 7) is 0. The minimum atomic E-state index is -0.555. The second-order valence-electron chi connectivity index (χ2n) is 2.12. The Hall–Kier alpha value is -1.98. The first-order chi connectivity index (χ1) is 5.79. The van der Waals surface area contributed by atoms with E-state index in [1.165, 1.54) is 6.20 Å². The number of hydrogen-bond acceptors (Lipinski definition) is 5. The Balaban J connectivity index is 2.82. The quantitative estimate of drug-likeness (QED) is 0.467. The Morgan fingerprint density at radius 3 is 3.08 bits per heavy atom. The van der Waals surface area contributed by atoms with E-state index in [-0.39, 0.29) is 11.3 Å². The second-order valence-corrected chi connectivity index (χ2v) is 2.12. The highest BCUT2D eigenvalue weighted by atomic mass is 16.6. The molecular weight excluding hydrogens is 162 g/mol. The van der Waals surface area contributed by atoms with Gasteiger partial charge in [0.1, 0.15) is 11.7 Å². The molecule has 60 valence electrons. The van der Waals surface area contributed by atoms with Crippen LogP contribution in [0.15, 0.2) is 23.2 Å². The van der Waals surface area contributed by atoms with Gasteiger partial charge in [-0.2, -0.15) is 0 Å². The summed E-state index contributed by atoms with van der Waals surface area (Å²) in [5.74, 6) is 0. The van der Waals surface area contributed by atoms with Crippen molar-refractivity contribution in [2.75, 3.05) is 0 Å². The van der Waals surface area contributed by atoms with Crippen molar-refractivity contribution < 1.29 is 9.34 Å². The first-order valence-electron chi connectivity index (χ1n) is 3.10. The van der Waals surface area contributed by atoms with Crippen molar-refractivity contribution in [1.29, 1.82) is 0 Å². The number of oxazole rings is 1. The van der Waals surface area contributed by atoms with E-state index < -0.39 is 4.92 Å². The summed E-state index contributed by atoms with van der Waals surface area (Å²) in [6.07, 6.45) is 3.69. The molecular formula is C6H3N3O3. The fourth-order valence-corrected chi connectivity index (χ4v) is 0.906. The van der Waals surface area contributed by atoms with Crippen LogP contribution in [0, 0.1) is 10.1 Å². The van der Waals surface area contributed by atoms with E-state index in [1.807, 2.05) is 0 Å². The van der Waals surface area contributed by atoms with Gasteiger partial charge in [-0.3, -0.25) is 15.1 Å². The molecule has 0 aliphatic carbocycles. The number of rotatable bonds is 1. The zero-order chi connectivity index (χ0) is 8.55. The van der Waals surface area contributed by atoms with Crippen molar-refractivity contribution in [3.63, 3.8) is 0 Å². The van der Waals surface area contributed by atoms with Gasteiger partial charge >= 0.3 is 5.69 Å². The van der Waals surface area contributed by atoms with Gasteiger partial charge in [-0.05, 0) is 0 Å². The highest BCUT2D eigenvalue weighted by Crippen LogP contribution is 2.21. The lowest BCUT2D eigenvalue weighted by atomic mass is 10.4. The first-order valence-corrected chi connectivity index (χ1v) is 3.10. The van der Waals surface area contributed by atoms with Gasteiger partial charge in [0.15, 0.2) is 6.39 Å². The molecule has 0 spiro atoms. The standard InChI is InChI=1S/C6H3N3O3/c10-9(11)5-2-7-1-4-6(5)12-3-8-4/h1-3H. The predicted molar refractivity (Wildman–Crippen MR) is 38.5 cm³/mol. The monoisotopic (exact) mass is 165 g/mol. The number of aromatic nitrogens is 2. The molecule has 2 aromatic heterocycles. The molecule has 0 radical (unpaired) electrons. The zero-order valence-corrected chi connectivity index (χ0v) is 5.80. The van der Waals surface area contributed by atoms with E-state index in [4.69, 9.17) is 4.42 Å². The molecule has 0 aliphatic heterocycles. The lowest BCUT2D eigenvalue weighted by Gasteiger charge is -1.88. The van der Waals surface area contributed by atoms with Gasteiger partial charge in [0, 0.05) is 0 Å². The highest BCUT2D eigenvalue weighted by Gasteiger charge is 2.15. The molecule has 0 N–H and O–H groups in total. The molecule has 0 aliphatic rings. The van der Waals surface area contributed by atoms with Crippen molar-refractivity contribution in [1.82, 2.24) is 9.97 Å². The van der Waals surface area contributed by atoms with Gasteiger partial charge in [0.2, 0.25) is 5.58 Å². The number of nitro groups is 1. The molecule has 0 unspecified atom stereocenters. The Labute approximate surface area is 66.0 Å². The van der Waals surface area contributed by atoms with Gasteiger partial charge in [0.25, 0.3) is 0 Å². The Bertz CT molecular complexity index is 436. The van der Waals surface area contributed by atoms with Gasteiger partial charge in [-0.15, -0.1) is 0 Å².